The van der Waals surface area contributed by atoms with Gasteiger partial charge in [-0.3, -0.25) is 0 Å². The van der Waals surface area contributed by atoms with Crippen LogP contribution in [-0.4, -0.2) is 19.9 Å². The van der Waals surface area contributed by atoms with Crippen molar-refractivity contribution in [2.45, 2.75) is 121 Å². The topological polar surface area (TPSA) is 60.3 Å². The molecule has 4 aromatic heterocycles. The largest absolute Gasteiger partial charge is 0.354 e. The first-order valence-corrected chi connectivity index (χ1v) is 20.4. The molecule has 8 bridgehead atoms. The summed E-state index contributed by atoms with van der Waals surface area (Å²) in [5.41, 5.74) is 28.0. The second-order valence-corrected chi connectivity index (χ2v) is 14.8. The number of hydrogen-bond donors (Lipinski definition) is 3. The van der Waals surface area contributed by atoms with Crippen LogP contribution < -0.4 is 0 Å². The number of fused-ring (bicyclic) bond motifs is 9. The molecule has 0 saturated heterocycles. The van der Waals surface area contributed by atoms with E-state index in [1.54, 1.807) is 0 Å². The van der Waals surface area contributed by atoms with E-state index in [4.69, 9.17) is 4.98 Å². The van der Waals surface area contributed by atoms with Crippen LogP contribution >= 0.6 is 0 Å². The van der Waals surface area contributed by atoms with Gasteiger partial charge in [0.1, 0.15) is 0 Å². The summed E-state index contributed by atoms with van der Waals surface area (Å²) in [6.07, 6.45) is 7.51. The van der Waals surface area contributed by atoms with Crippen LogP contribution in [0.3, 0.4) is 0 Å². The van der Waals surface area contributed by atoms with Crippen LogP contribution in [0.2, 0.25) is 0 Å². The molecular weight excluding hydrogens is 645 g/mol. The molecule has 274 valence electrons. The van der Waals surface area contributed by atoms with Crippen LogP contribution in [-0.2, 0) is 38.5 Å². The second-order valence-electron chi connectivity index (χ2n) is 14.8. The van der Waals surface area contributed by atoms with Gasteiger partial charge in [-0.2, -0.15) is 0 Å². The Morgan fingerprint density at radius 2 is 0.774 bits per heavy atom. The minimum Gasteiger partial charge on any atom is -0.354 e. The maximum atomic E-state index is 5.81. The van der Waals surface area contributed by atoms with Crippen molar-refractivity contribution in [2.75, 3.05) is 0 Å². The van der Waals surface area contributed by atoms with Crippen molar-refractivity contribution < 1.29 is 0 Å². The number of aromatic nitrogens is 4. The molecule has 6 aromatic rings. The van der Waals surface area contributed by atoms with E-state index in [0.717, 1.165) is 62.8 Å². The van der Waals surface area contributed by atoms with Crippen LogP contribution in [0.25, 0.3) is 66.5 Å². The third-order valence-corrected chi connectivity index (χ3v) is 11.9. The van der Waals surface area contributed by atoms with E-state index in [9.17, 15) is 0 Å². The normalized spacial score (nSPS) is 12.5. The first-order chi connectivity index (χ1) is 25.8. The summed E-state index contributed by atoms with van der Waals surface area (Å²) in [5, 5.41) is 0. The monoisotopic (exact) mass is 702 g/mol. The number of H-pyrrole nitrogens is 3. The molecule has 7 rings (SSSR count). The van der Waals surface area contributed by atoms with E-state index in [1.165, 1.54) is 111 Å². The number of rotatable bonds is 10. The number of hydrogen-bond acceptors (Lipinski definition) is 1. The summed E-state index contributed by atoms with van der Waals surface area (Å²) in [5.74, 6) is 0. The summed E-state index contributed by atoms with van der Waals surface area (Å²) >= 11 is 0. The van der Waals surface area contributed by atoms with Crippen molar-refractivity contribution in [1.29, 1.82) is 0 Å². The van der Waals surface area contributed by atoms with Gasteiger partial charge in [-0.25, -0.2) is 4.98 Å². The van der Waals surface area contributed by atoms with Gasteiger partial charge in [0.2, 0.25) is 0 Å². The fraction of sp³-hybridized carbons (Fsp3) is 0.367. The van der Waals surface area contributed by atoms with Crippen molar-refractivity contribution in [1.82, 2.24) is 19.9 Å². The van der Waals surface area contributed by atoms with Crippen molar-refractivity contribution >= 4 is 44.2 Å². The van der Waals surface area contributed by atoms with Crippen molar-refractivity contribution in [3.05, 3.63) is 110 Å². The van der Waals surface area contributed by atoms with Gasteiger partial charge < -0.3 is 15.0 Å². The molecule has 1 aliphatic rings. The summed E-state index contributed by atoms with van der Waals surface area (Å²) in [4.78, 5) is 18.1. The SMILES string of the molecule is CCC1=C(CC)c2nc1c(-c1ccc(C)cc1)c1[nH]c(cc3[nH]c(c(CC)c3CC)c(-c3ccc(C)cc3)c3[nH]c2c(CC)c3CC)c(CC)c1CC. The fourth-order valence-electron chi connectivity index (χ4n) is 9.34. The van der Waals surface area contributed by atoms with Crippen LogP contribution in [0.4, 0.5) is 0 Å². The summed E-state index contributed by atoms with van der Waals surface area (Å²) in [6.45, 7) is 22.8. The van der Waals surface area contributed by atoms with E-state index in [0.29, 0.717) is 0 Å². The molecule has 0 atom stereocenters. The molecule has 0 fully saturated rings. The highest BCUT2D eigenvalue weighted by Crippen LogP contribution is 2.45. The van der Waals surface area contributed by atoms with Gasteiger partial charge in [0.25, 0.3) is 0 Å². The third kappa shape index (κ3) is 5.95. The Hall–Kier alpha value is -4.83. The van der Waals surface area contributed by atoms with E-state index in [-0.39, 0.29) is 0 Å². The molecular formula is C49H58N4. The predicted molar refractivity (Wildman–Crippen MR) is 230 cm³/mol. The number of aryl methyl sites for hydroxylation is 8. The molecule has 0 saturated carbocycles. The van der Waals surface area contributed by atoms with E-state index in [2.05, 4.69) is 139 Å². The van der Waals surface area contributed by atoms with E-state index >= 15 is 0 Å². The number of allylic oxidation sites excluding steroid dienone is 2. The average molecular weight is 703 g/mol. The van der Waals surface area contributed by atoms with Crippen LogP contribution in [0.5, 0.6) is 0 Å². The molecule has 0 aliphatic carbocycles. The second kappa shape index (κ2) is 14.9. The number of nitrogens with one attached hydrogen (secondary N) is 3. The molecule has 2 aromatic carbocycles. The highest BCUT2D eigenvalue weighted by Gasteiger charge is 2.28. The lowest BCUT2D eigenvalue weighted by atomic mass is 9.92. The smallest absolute Gasteiger partial charge is 0.0910 e. The minimum atomic E-state index is 0.919. The molecule has 0 unspecified atom stereocenters. The zero-order valence-electron chi connectivity index (χ0n) is 33.8. The zero-order chi connectivity index (χ0) is 37.6. The van der Waals surface area contributed by atoms with Crippen LogP contribution in [0, 0.1) is 13.8 Å². The van der Waals surface area contributed by atoms with Gasteiger partial charge in [-0.05, 0) is 127 Å². The maximum Gasteiger partial charge on any atom is 0.0910 e. The van der Waals surface area contributed by atoms with Gasteiger partial charge in [0.05, 0.1) is 33.5 Å². The van der Waals surface area contributed by atoms with Gasteiger partial charge in [0, 0.05) is 22.2 Å². The Labute approximate surface area is 316 Å². The lowest BCUT2D eigenvalue weighted by molar-refractivity contribution is 1.07. The third-order valence-electron chi connectivity index (χ3n) is 11.9. The van der Waals surface area contributed by atoms with Crippen LogP contribution in [0.1, 0.15) is 124 Å². The first-order valence-electron chi connectivity index (χ1n) is 20.4. The van der Waals surface area contributed by atoms with Gasteiger partial charge in [-0.1, -0.05) is 115 Å². The molecule has 53 heavy (non-hydrogen) atoms. The molecule has 4 nitrogen and oxygen atoms in total. The number of benzene rings is 2. The maximum absolute atomic E-state index is 5.81. The molecule has 0 radical (unpaired) electrons. The molecule has 3 N–H and O–H groups in total. The highest BCUT2D eigenvalue weighted by molar-refractivity contribution is 6.05. The summed E-state index contributed by atoms with van der Waals surface area (Å²) in [6, 6.07) is 20.7. The number of aromatic amines is 3. The Balaban J connectivity index is 1.87. The van der Waals surface area contributed by atoms with Gasteiger partial charge in [0.15, 0.2) is 0 Å². The number of nitrogens with zero attached hydrogens (tertiary/aromatic N) is 1. The quantitative estimate of drug-likeness (QED) is 0.131. The Morgan fingerprint density at radius 3 is 1.23 bits per heavy atom. The molecule has 1 aliphatic heterocycles. The average Bonchev–Trinajstić information content (AvgIpc) is 3.92. The highest BCUT2D eigenvalue weighted by atomic mass is 14.8. The standard InChI is InChI=1S/C49H58N4/c1-11-32-34(13-3)44-42(30-23-19-28(9)20-24-30)46-36(15-5)38(17-7)48(52-46)49-39(18-8)37(16-6)47(53-49)43(31-25-21-29(10)22-26-31)45-35(14-4)33(12-2)41(51-45)27-40(32)50-44/h19-27,50-52H,11-18H2,1-10H3. The van der Waals surface area contributed by atoms with E-state index < -0.39 is 0 Å². The molecule has 0 amide bonds. The Bertz CT molecular complexity index is 2480. The van der Waals surface area contributed by atoms with E-state index in [1.807, 2.05) is 0 Å². The fourth-order valence-corrected chi connectivity index (χ4v) is 9.34. The molecule has 5 heterocycles. The summed E-state index contributed by atoms with van der Waals surface area (Å²) < 4.78 is 0. The van der Waals surface area contributed by atoms with Crippen LogP contribution in [0.15, 0.2) is 54.6 Å². The Kier molecular flexibility index (Phi) is 10.3. The van der Waals surface area contributed by atoms with Gasteiger partial charge >= 0.3 is 0 Å². The lowest BCUT2D eigenvalue weighted by Gasteiger charge is -2.11. The lowest BCUT2D eigenvalue weighted by Crippen LogP contribution is -1.93. The minimum absolute atomic E-state index is 0.919. The predicted octanol–water partition coefficient (Wildman–Crippen LogP) is 13.6. The first kappa shape index (κ1) is 36.5. The summed E-state index contributed by atoms with van der Waals surface area (Å²) in [7, 11) is 0. The zero-order valence-corrected chi connectivity index (χ0v) is 33.8. The van der Waals surface area contributed by atoms with Crippen molar-refractivity contribution in [3.8, 4) is 22.3 Å². The van der Waals surface area contributed by atoms with Gasteiger partial charge in [-0.15, -0.1) is 0 Å². The van der Waals surface area contributed by atoms with Crippen molar-refractivity contribution in [2.24, 2.45) is 0 Å². The Morgan fingerprint density at radius 1 is 0.396 bits per heavy atom. The molecule has 4 heteroatoms. The molecule has 0 spiro atoms. The van der Waals surface area contributed by atoms with Crippen molar-refractivity contribution in [3.63, 3.8) is 0 Å².